The van der Waals surface area contributed by atoms with Crippen LogP contribution < -0.4 is 11.1 Å². The highest BCUT2D eigenvalue weighted by atomic mass is 19.3. The van der Waals surface area contributed by atoms with Gasteiger partial charge in [0.15, 0.2) is 0 Å². The van der Waals surface area contributed by atoms with E-state index in [9.17, 15) is 18.7 Å². The van der Waals surface area contributed by atoms with Crippen LogP contribution in [0, 0.1) is 0 Å². The molecular weight excluding hydrogens is 418 g/mol. The zero-order valence-electron chi connectivity index (χ0n) is 18.4. The van der Waals surface area contributed by atoms with Crippen LogP contribution in [0.25, 0.3) is 0 Å². The van der Waals surface area contributed by atoms with Gasteiger partial charge in [-0.05, 0) is 49.1 Å². The molecule has 10 heteroatoms. The molecular formula is C22H32F2N6O2. The molecule has 1 aromatic carbocycles. The number of nitrogens with one attached hydrogen (secondary N) is 2. The predicted octanol–water partition coefficient (Wildman–Crippen LogP) is 3.63. The van der Waals surface area contributed by atoms with E-state index in [1.807, 2.05) is 0 Å². The first-order chi connectivity index (χ1) is 15.3. The Kier molecular flexibility index (Phi) is 8.14. The average Bonchev–Trinajstić information content (AvgIpc) is 3.30. The first-order valence-electron chi connectivity index (χ1n) is 11.1. The minimum atomic E-state index is -3.45. The molecule has 0 radical (unpaired) electrons. The van der Waals surface area contributed by atoms with Crippen molar-refractivity contribution in [1.29, 1.82) is 0 Å². The number of benzene rings is 1. The second-order valence-electron chi connectivity index (χ2n) is 8.46. The molecule has 1 saturated heterocycles. The van der Waals surface area contributed by atoms with Crippen LogP contribution in [0.4, 0.5) is 8.78 Å². The van der Waals surface area contributed by atoms with Gasteiger partial charge in [0.2, 0.25) is 5.91 Å². The fraction of sp³-hybridized carbons (Fsp3) is 0.591. The van der Waals surface area contributed by atoms with Gasteiger partial charge in [-0.1, -0.05) is 49.2 Å². The van der Waals surface area contributed by atoms with E-state index >= 15 is 0 Å². The molecule has 1 amide bonds. The number of carbonyl (C=O) groups is 1. The third-order valence-corrected chi connectivity index (χ3v) is 5.94. The summed E-state index contributed by atoms with van der Waals surface area (Å²) in [6.07, 6.45) is 8.34. The third-order valence-electron chi connectivity index (χ3n) is 5.94. The Labute approximate surface area is 187 Å². The van der Waals surface area contributed by atoms with E-state index in [1.165, 1.54) is 24.3 Å². The van der Waals surface area contributed by atoms with Gasteiger partial charge < -0.3 is 10.0 Å². The van der Waals surface area contributed by atoms with Gasteiger partial charge in [-0.15, -0.1) is 5.12 Å². The van der Waals surface area contributed by atoms with Crippen molar-refractivity contribution in [2.75, 3.05) is 13.1 Å². The number of likely N-dealkylation sites (tertiary alicyclic amines) is 1. The zero-order valence-corrected chi connectivity index (χ0v) is 18.4. The van der Waals surface area contributed by atoms with Crippen molar-refractivity contribution in [2.45, 2.75) is 69.4 Å². The number of hydrogen-bond donors (Lipinski definition) is 3. The van der Waals surface area contributed by atoms with E-state index < -0.39 is 11.5 Å². The summed E-state index contributed by atoms with van der Waals surface area (Å²) in [5.41, 5.74) is 2.80. The Morgan fingerprint density at radius 3 is 2.47 bits per heavy atom. The van der Waals surface area contributed by atoms with Crippen molar-refractivity contribution < 1.29 is 18.7 Å². The van der Waals surface area contributed by atoms with Crippen molar-refractivity contribution in [1.82, 2.24) is 21.1 Å². The lowest BCUT2D eigenvalue weighted by Crippen LogP contribution is -2.45. The maximum absolute atomic E-state index is 14.9. The summed E-state index contributed by atoms with van der Waals surface area (Å²) in [6, 6.07) is 7.02. The average molecular weight is 451 g/mol. The summed E-state index contributed by atoms with van der Waals surface area (Å²) in [5, 5.41) is 19.5. The van der Waals surface area contributed by atoms with E-state index in [4.69, 9.17) is 0 Å². The van der Waals surface area contributed by atoms with Gasteiger partial charge >= 0.3 is 5.92 Å². The number of piperidine rings is 1. The normalized spacial score (nSPS) is 21.6. The smallest absolute Gasteiger partial charge is 0.304 e. The molecule has 0 saturated carbocycles. The summed E-state index contributed by atoms with van der Waals surface area (Å²) in [5.74, 6) is -3.41. The van der Waals surface area contributed by atoms with Crippen molar-refractivity contribution in [3.8, 4) is 0 Å². The number of alkyl halides is 2. The first-order valence-corrected chi connectivity index (χ1v) is 11.1. The molecule has 176 valence electrons. The van der Waals surface area contributed by atoms with Gasteiger partial charge in [0.25, 0.3) is 0 Å². The maximum atomic E-state index is 14.9. The summed E-state index contributed by atoms with van der Waals surface area (Å²) < 4.78 is 29.8. The van der Waals surface area contributed by atoms with Crippen LogP contribution in [0.5, 0.6) is 0 Å². The summed E-state index contributed by atoms with van der Waals surface area (Å²) in [4.78, 5) is 14.2. The van der Waals surface area contributed by atoms with Crippen LogP contribution in [0.3, 0.4) is 0 Å². The molecule has 0 aromatic heterocycles. The van der Waals surface area contributed by atoms with Gasteiger partial charge in [0.1, 0.15) is 5.60 Å². The Balaban J connectivity index is 1.52. The number of halogens is 2. The Bertz CT molecular complexity index is 795. The van der Waals surface area contributed by atoms with Crippen LogP contribution in [0.15, 0.2) is 52.9 Å². The van der Waals surface area contributed by atoms with Crippen LogP contribution in [0.1, 0.15) is 57.4 Å². The second kappa shape index (κ2) is 10.8. The zero-order chi connectivity index (χ0) is 23.0. The molecule has 2 aliphatic rings. The van der Waals surface area contributed by atoms with Gasteiger partial charge in [0, 0.05) is 25.1 Å². The minimum Gasteiger partial charge on any atom is -0.379 e. The molecule has 8 nitrogen and oxygen atoms in total. The number of nitrogens with zero attached hydrogens (tertiary/aromatic N) is 4. The Morgan fingerprint density at radius 2 is 1.78 bits per heavy atom. The first kappa shape index (κ1) is 24.1. The Morgan fingerprint density at radius 1 is 1.12 bits per heavy atom. The third kappa shape index (κ3) is 6.01. The number of carbonyl (C=O) groups excluding carboxylic acids is 1. The lowest BCUT2D eigenvalue weighted by atomic mass is 9.89. The van der Waals surface area contributed by atoms with Gasteiger partial charge in [-0.3, -0.25) is 4.79 Å². The van der Waals surface area contributed by atoms with Crippen molar-refractivity contribution >= 4 is 5.91 Å². The van der Waals surface area contributed by atoms with Gasteiger partial charge in [-0.25, -0.2) is 11.1 Å². The molecule has 2 aliphatic heterocycles. The molecule has 0 bridgehead atoms. The second-order valence-corrected chi connectivity index (χ2v) is 8.46. The molecule has 32 heavy (non-hydrogen) atoms. The molecule has 0 aliphatic carbocycles. The highest BCUT2D eigenvalue weighted by Crippen LogP contribution is 2.40. The largest absolute Gasteiger partial charge is 0.379 e. The lowest BCUT2D eigenvalue weighted by Gasteiger charge is -2.35. The molecule has 1 fully saturated rings. The summed E-state index contributed by atoms with van der Waals surface area (Å²) in [7, 11) is 0. The molecule has 2 heterocycles. The number of hydrogen-bond acceptors (Lipinski definition) is 7. The molecule has 3 rings (SSSR count). The van der Waals surface area contributed by atoms with E-state index in [0.29, 0.717) is 25.8 Å². The summed E-state index contributed by atoms with van der Waals surface area (Å²) in [6.45, 7) is 2.44. The van der Waals surface area contributed by atoms with Crippen molar-refractivity contribution in [3.05, 3.63) is 48.0 Å². The van der Waals surface area contributed by atoms with E-state index in [1.54, 1.807) is 22.2 Å². The predicted molar refractivity (Wildman–Crippen MR) is 116 cm³/mol. The number of rotatable bonds is 11. The van der Waals surface area contributed by atoms with E-state index in [0.717, 1.165) is 45.2 Å². The quantitative estimate of drug-likeness (QED) is 0.354. The van der Waals surface area contributed by atoms with E-state index in [2.05, 4.69) is 21.5 Å². The highest BCUT2D eigenvalue weighted by molar-refractivity contribution is 5.77. The number of amides is 1. The SMILES string of the molecule is C[C@](O)(C=C[C@H]1CCCC(=O)N1CCCCCCN1NN=NN1)C(F)(F)c1ccccc1. The van der Waals surface area contributed by atoms with Gasteiger partial charge in [-0.2, -0.15) is 8.78 Å². The standard InChI is InChI=1S/C22H32F2N6O2/c1-21(32,22(23,24)18-10-5-4-6-11-18)15-14-19-12-9-13-20(31)29(19)16-7-2-3-8-17-30-27-25-26-28-30/h4-6,10-11,14-15,19,32H,2-3,7-9,12-13,16-17H2,1H3,(H,25,28)(H,26,27)/t19-,21+/m1/s1. The van der Waals surface area contributed by atoms with Crippen molar-refractivity contribution in [2.24, 2.45) is 10.4 Å². The van der Waals surface area contributed by atoms with Crippen LogP contribution in [0.2, 0.25) is 0 Å². The van der Waals surface area contributed by atoms with Crippen LogP contribution >= 0.6 is 0 Å². The molecule has 0 unspecified atom stereocenters. The van der Waals surface area contributed by atoms with Crippen LogP contribution in [-0.4, -0.2) is 45.8 Å². The fourth-order valence-corrected chi connectivity index (χ4v) is 3.96. The van der Waals surface area contributed by atoms with Crippen LogP contribution in [-0.2, 0) is 10.7 Å². The fourth-order valence-electron chi connectivity index (χ4n) is 3.96. The number of unbranched alkanes of at least 4 members (excludes halogenated alkanes) is 3. The topological polar surface area (TPSA) is 92.6 Å². The molecule has 3 N–H and O–H groups in total. The molecule has 2 atom stereocenters. The van der Waals surface area contributed by atoms with E-state index in [-0.39, 0.29) is 17.5 Å². The molecule has 0 spiro atoms. The van der Waals surface area contributed by atoms with Crippen molar-refractivity contribution in [3.63, 3.8) is 0 Å². The number of aliphatic hydroxyl groups is 1. The van der Waals surface area contributed by atoms with Gasteiger partial charge in [0.05, 0.1) is 6.04 Å². The monoisotopic (exact) mass is 450 g/mol. The maximum Gasteiger partial charge on any atom is 0.304 e. The number of hydrazine groups is 2. The highest BCUT2D eigenvalue weighted by Gasteiger charge is 2.48. The summed E-state index contributed by atoms with van der Waals surface area (Å²) >= 11 is 0. The lowest BCUT2D eigenvalue weighted by molar-refractivity contribution is -0.152. The minimum absolute atomic E-state index is 0.0362. The Hall–Kier alpha value is -2.59. The molecule has 1 aromatic rings.